The van der Waals surface area contributed by atoms with Crippen molar-refractivity contribution in [2.75, 3.05) is 0 Å². The van der Waals surface area contributed by atoms with E-state index >= 15 is 0 Å². The van der Waals surface area contributed by atoms with Crippen molar-refractivity contribution in [2.24, 2.45) is 0 Å². The van der Waals surface area contributed by atoms with Crippen LogP contribution in [-0.4, -0.2) is 34.2 Å². The molecule has 0 aliphatic carbocycles. The zero-order chi connectivity index (χ0) is 16.5. The fraction of sp³-hybridized carbons (Fsp3) is 0.222. The predicted octanol–water partition coefficient (Wildman–Crippen LogP) is 2.09. The highest BCUT2D eigenvalue weighted by atomic mass is 16.2. The van der Waals surface area contributed by atoms with Crippen molar-refractivity contribution >= 4 is 12.1 Å². The molecule has 0 saturated carbocycles. The van der Waals surface area contributed by atoms with E-state index in [0.717, 1.165) is 11.1 Å². The molecule has 4 rings (SSSR count). The molecule has 0 unspecified atom stereocenters. The summed E-state index contributed by atoms with van der Waals surface area (Å²) in [6.07, 6.45) is -0.706. The van der Waals surface area contributed by atoms with Gasteiger partial charge in [0.05, 0.1) is 0 Å². The second kappa shape index (κ2) is 5.88. The van der Waals surface area contributed by atoms with Crippen molar-refractivity contribution in [3.8, 4) is 0 Å². The molecule has 2 heterocycles. The standard InChI is InChI=1S/C18H18N4O2/c23-17-20-16-15(21(17)11-13-7-3-1-4-8-13)19-18(24)22(16)12-14-9-5-2-6-10-14/h1-10,15-16H,11-12H2,(H,19,24)(H,20,23)/t15-,16+. The Hall–Kier alpha value is -3.02. The number of nitrogens with zero attached hydrogens (tertiary/aromatic N) is 2. The smallest absolute Gasteiger partial charge is 0.314 e. The van der Waals surface area contributed by atoms with Crippen LogP contribution < -0.4 is 10.6 Å². The summed E-state index contributed by atoms with van der Waals surface area (Å²) in [4.78, 5) is 28.0. The van der Waals surface area contributed by atoms with Gasteiger partial charge in [0.25, 0.3) is 0 Å². The molecule has 2 saturated heterocycles. The van der Waals surface area contributed by atoms with E-state index in [1.807, 2.05) is 60.7 Å². The summed E-state index contributed by atoms with van der Waals surface area (Å²) < 4.78 is 0. The third-order valence-electron chi connectivity index (χ3n) is 4.43. The maximum absolute atomic E-state index is 12.3. The second-order valence-corrected chi connectivity index (χ2v) is 6.02. The van der Waals surface area contributed by atoms with Crippen LogP contribution in [0.1, 0.15) is 11.1 Å². The number of hydrogen-bond acceptors (Lipinski definition) is 2. The molecular formula is C18H18N4O2. The molecule has 2 aliphatic rings. The van der Waals surface area contributed by atoms with E-state index in [1.165, 1.54) is 0 Å². The summed E-state index contributed by atoms with van der Waals surface area (Å²) >= 11 is 0. The Morgan fingerprint density at radius 2 is 1.04 bits per heavy atom. The predicted molar refractivity (Wildman–Crippen MR) is 88.6 cm³/mol. The first-order valence-corrected chi connectivity index (χ1v) is 7.94. The number of benzene rings is 2. The van der Waals surface area contributed by atoms with Gasteiger partial charge in [0.15, 0.2) is 0 Å². The lowest BCUT2D eigenvalue weighted by Gasteiger charge is -2.22. The number of urea groups is 2. The maximum atomic E-state index is 12.3. The number of amides is 4. The maximum Gasteiger partial charge on any atom is 0.321 e. The lowest BCUT2D eigenvalue weighted by molar-refractivity contribution is 0.191. The van der Waals surface area contributed by atoms with Gasteiger partial charge in [-0.05, 0) is 11.1 Å². The molecule has 122 valence electrons. The van der Waals surface area contributed by atoms with E-state index < -0.39 is 0 Å². The highest BCUT2D eigenvalue weighted by Crippen LogP contribution is 2.24. The van der Waals surface area contributed by atoms with Gasteiger partial charge in [-0.3, -0.25) is 9.80 Å². The van der Waals surface area contributed by atoms with E-state index in [0.29, 0.717) is 13.1 Å². The molecule has 2 N–H and O–H groups in total. The van der Waals surface area contributed by atoms with E-state index in [4.69, 9.17) is 0 Å². The molecule has 0 spiro atoms. The van der Waals surface area contributed by atoms with Crippen LogP contribution in [0.2, 0.25) is 0 Å². The van der Waals surface area contributed by atoms with E-state index in [9.17, 15) is 9.59 Å². The van der Waals surface area contributed by atoms with E-state index in [-0.39, 0.29) is 24.4 Å². The van der Waals surface area contributed by atoms with Gasteiger partial charge in [-0.2, -0.15) is 0 Å². The molecule has 24 heavy (non-hydrogen) atoms. The number of rotatable bonds is 4. The minimum Gasteiger partial charge on any atom is -0.314 e. The van der Waals surface area contributed by atoms with Gasteiger partial charge < -0.3 is 10.6 Å². The van der Waals surface area contributed by atoms with Crippen molar-refractivity contribution < 1.29 is 9.59 Å². The highest BCUT2D eigenvalue weighted by Gasteiger charge is 2.50. The Morgan fingerprint density at radius 1 is 0.667 bits per heavy atom. The van der Waals surface area contributed by atoms with Gasteiger partial charge in [-0.15, -0.1) is 0 Å². The number of fused-ring (bicyclic) bond motifs is 1. The summed E-state index contributed by atoms with van der Waals surface area (Å²) in [6.45, 7) is 0.931. The monoisotopic (exact) mass is 322 g/mol. The van der Waals surface area contributed by atoms with Crippen LogP contribution in [0, 0.1) is 0 Å². The number of carbonyl (C=O) groups is 2. The third-order valence-corrected chi connectivity index (χ3v) is 4.43. The van der Waals surface area contributed by atoms with Crippen LogP contribution in [-0.2, 0) is 13.1 Å². The van der Waals surface area contributed by atoms with Crippen molar-refractivity contribution in [1.82, 2.24) is 20.4 Å². The molecule has 0 bridgehead atoms. The average molecular weight is 322 g/mol. The topological polar surface area (TPSA) is 64.7 Å². The lowest BCUT2D eigenvalue weighted by Crippen LogP contribution is -2.43. The number of nitrogens with one attached hydrogen (secondary N) is 2. The third kappa shape index (κ3) is 2.56. The normalized spacial score (nSPS) is 22.3. The van der Waals surface area contributed by atoms with Gasteiger partial charge in [0, 0.05) is 13.1 Å². The largest absolute Gasteiger partial charge is 0.321 e. The first kappa shape index (κ1) is 14.6. The highest BCUT2D eigenvalue weighted by molar-refractivity contribution is 5.84. The fourth-order valence-electron chi connectivity index (χ4n) is 3.23. The molecule has 2 atom stereocenters. The first-order valence-electron chi connectivity index (χ1n) is 7.94. The zero-order valence-electron chi connectivity index (χ0n) is 13.1. The van der Waals surface area contributed by atoms with Crippen LogP contribution in [0.3, 0.4) is 0 Å². The molecule has 2 aromatic rings. The van der Waals surface area contributed by atoms with Crippen molar-refractivity contribution in [1.29, 1.82) is 0 Å². The summed E-state index contributed by atoms with van der Waals surface area (Å²) in [5.41, 5.74) is 2.06. The van der Waals surface area contributed by atoms with Crippen LogP contribution in [0.15, 0.2) is 60.7 Å². The van der Waals surface area contributed by atoms with Crippen LogP contribution in [0.5, 0.6) is 0 Å². The van der Waals surface area contributed by atoms with Gasteiger partial charge in [-0.1, -0.05) is 60.7 Å². The van der Waals surface area contributed by atoms with Crippen molar-refractivity contribution in [3.63, 3.8) is 0 Å². The quantitative estimate of drug-likeness (QED) is 0.905. The minimum absolute atomic E-state index is 0.160. The zero-order valence-corrected chi connectivity index (χ0v) is 13.1. The molecule has 0 aromatic heterocycles. The molecule has 2 fully saturated rings. The van der Waals surface area contributed by atoms with Crippen molar-refractivity contribution in [3.05, 3.63) is 71.8 Å². The summed E-state index contributed by atoms with van der Waals surface area (Å²) in [5.74, 6) is 0. The molecule has 2 aromatic carbocycles. The fourth-order valence-corrected chi connectivity index (χ4v) is 3.23. The summed E-state index contributed by atoms with van der Waals surface area (Å²) in [5, 5.41) is 5.83. The van der Waals surface area contributed by atoms with E-state index in [1.54, 1.807) is 9.80 Å². The second-order valence-electron chi connectivity index (χ2n) is 6.02. The van der Waals surface area contributed by atoms with Gasteiger partial charge in [0.1, 0.15) is 12.3 Å². The minimum atomic E-state index is -0.353. The summed E-state index contributed by atoms with van der Waals surface area (Å²) in [7, 11) is 0. The van der Waals surface area contributed by atoms with Crippen molar-refractivity contribution in [2.45, 2.75) is 25.4 Å². The number of carbonyl (C=O) groups excluding carboxylic acids is 2. The summed E-state index contributed by atoms with van der Waals surface area (Å²) in [6, 6.07) is 19.2. The Morgan fingerprint density at radius 3 is 1.42 bits per heavy atom. The van der Waals surface area contributed by atoms with E-state index in [2.05, 4.69) is 10.6 Å². The Balaban J connectivity index is 1.52. The van der Waals surface area contributed by atoms with Gasteiger partial charge in [0.2, 0.25) is 0 Å². The molecular weight excluding hydrogens is 304 g/mol. The Kier molecular flexibility index (Phi) is 3.57. The molecule has 2 aliphatic heterocycles. The van der Waals surface area contributed by atoms with Crippen LogP contribution >= 0.6 is 0 Å². The van der Waals surface area contributed by atoms with Crippen LogP contribution in [0.25, 0.3) is 0 Å². The molecule has 6 heteroatoms. The first-order chi connectivity index (χ1) is 11.7. The average Bonchev–Trinajstić information content (AvgIpc) is 3.06. The molecule has 0 radical (unpaired) electrons. The molecule has 6 nitrogen and oxygen atoms in total. The van der Waals surface area contributed by atoms with Gasteiger partial charge in [-0.25, -0.2) is 9.59 Å². The lowest BCUT2D eigenvalue weighted by atomic mass is 10.2. The Labute approximate surface area is 140 Å². The molecule has 4 amide bonds. The Bertz CT molecular complexity index is 685. The number of hydrogen-bond donors (Lipinski definition) is 2. The van der Waals surface area contributed by atoms with Gasteiger partial charge >= 0.3 is 12.1 Å². The SMILES string of the molecule is O=C1N[C@H]2[C@@H](NC(=O)N2Cc2ccccc2)N1Cc1ccccc1. The van der Waals surface area contributed by atoms with Crippen LogP contribution in [0.4, 0.5) is 9.59 Å².